The molecule has 1 atom stereocenters. The number of rotatable bonds is 5. The van der Waals surface area contributed by atoms with Gasteiger partial charge in [0.2, 0.25) is 0 Å². The van der Waals surface area contributed by atoms with Crippen molar-refractivity contribution in [1.29, 1.82) is 0 Å². The quantitative estimate of drug-likeness (QED) is 0.866. The number of carbonyl (C=O) groups excluding carboxylic acids is 1. The van der Waals surface area contributed by atoms with E-state index in [1.54, 1.807) is 0 Å². The van der Waals surface area contributed by atoms with E-state index in [0.717, 1.165) is 12.8 Å². The summed E-state index contributed by atoms with van der Waals surface area (Å²) in [4.78, 5) is 15.9. The third kappa shape index (κ3) is 3.25. The standard InChI is InChI=1S/C14H20FN3O2/c1-3-16-12-11(15)10(5-7-17-12)13(19)18-9-14(2)6-4-8-20-14/h5,7H,3-4,6,8-9H2,1-2H3,(H,16,17)(H,18,19). The summed E-state index contributed by atoms with van der Waals surface area (Å²) in [5.74, 6) is -0.964. The first-order chi connectivity index (χ1) is 9.56. The average Bonchev–Trinajstić information content (AvgIpc) is 2.86. The zero-order valence-electron chi connectivity index (χ0n) is 11.8. The van der Waals surface area contributed by atoms with E-state index in [9.17, 15) is 9.18 Å². The van der Waals surface area contributed by atoms with Crippen molar-refractivity contribution in [3.8, 4) is 0 Å². The van der Waals surface area contributed by atoms with Gasteiger partial charge >= 0.3 is 0 Å². The van der Waals surface area contributed by atoms with Crippen molar-refractivity contribution < 1.29 is 13.9 Å². The largest absolute Gasteiger partial charge is 0.373 e. The molecule has 2 N–H and O–H groups in total. The van der Waals surface area contributed by atoms with Crippen LogP contribution in [0.25, 0.3) is 0 Å². The lowest BCUT2D eigenvalue weighted by Gasteiger charge is -2.23. The Labute approximate surface area is 117 Å². The summed E-state index contributed by atoms with van der Waals surface area (Å²) in [6.45, 7) is 5.42. The second-order valence-electron chi connectivity index (χ2n) is 5.14. The van der Waals surface area contributed by atoms with Crippen molar-refractivity contribution in [2.24, 2.45) is 0 Å². The second kappa shape index (κ2) is 6.17. The highest BCUT2D eigenvalue weighted by Gasteiger charge is 2.30. The first kappa shape index (κ1) is 14.7. The van der Waals surface area contributed by atoms with Crippen LogP contribution in [0.15, 0.2) is 12.3 Å². The van der Waals surface area contributed by atoms with Gasteiger partial charge in [-0.2, -0.15) is 0 Å². The monoisotopic (exact) mass is 281 g/mol. The Balaban J connectivity index is 2.03. The maximum atomic E-state index is 14.1. The van der Waals surface area contributed by atoms with Crippen molar-refractivity contribution in [1.82, 2.24) is 10.3 Å². The summed E-state index contributed by atoms with van der Waals surface area (Å²) in [6, 6.07) is 1.38. The minimum absolute atomic E-state index is 0.00227. The first-order valence-corrected chi connectivity index (χ1v) is 6.86. The van der Waals surface area contributed by atoms with Gasteiger partial charge in [0.25, 0.3) is 5.91 Å². The van der Waals surface area contributed by atoms with Crippen LogP contribution < -0.4 is 10.6 Å². The molecule has 5 nitrogen and oxygen atoms in total. The molecule has 1 amide bonds. The van der Waals surface area contributed by atoms with Gasteiger partial charge in [0.05, 0.1) is 11.2 Å². The Morgan fingerprint density at radius 3 is 3.05 bits per heavy atom. The molecular weight excluding hydrogens is 261 g/mol. The lowest BCUT2D eigenvalue weighted by atomic mass is 10.0. The van der Waals surface area contributed by atoms with Crippen LogP contribution in [0.3, 0.4) is 0 Å². The number of hydrogen-bond acceptors (Lipinski definition) is 4. The Morgan fingerprint density at radius 1 is 1.60 bits per heavy atom. The van der Waals surface area contributed by atoms with E-state index in [1.165, 1.54) is 12.3 Å². The van der Waals surface area contributed by atoms with E-state index in [4.69, 9.17) is 4.74 Å². The van der Waals surface area contributed by atoms with Crippen LogP contribution in [0.1, 0.15) is 37.0 Å². The molecule has 6 heteroatoms. The molecule has 2 heterocycles. The number of anilines is 1. The molecule has 0 aliphatic carbocycles. The molecule has 20 heavy (non-hydrogen) atoms. The smallest absolute Gasteiger partial charge is 0.254 e. The maximum absolute atomic E-state index is 14.1. The molecule has 110 valence electrons. The number of halogens is 1. The topological polar surface area (TPSA) is 63.2 Å². The molecule has 1 aliphatic rings. The maximum Gasteiger partial charge on any atom is 0.254 e. The number of ether oxygens (including phenoxy) is 1. The number of pyridine rings is 1. The van der Waals surface area contributed by atoms with Crippen LogP contribution in [0.4, 0.5) is 10.2 Å². The van der Waals surface area contributed by atoms with Gasteiger partial charge in [0.15, 0.2) is 11.6 Å². The van der Waals surface area contributed by atoms with E-state index >= 15 is 0 Å². The molecule has 0 spiro atoms. The van der Waals surface area contributed by atoms with Gasteiger partial charge in [-0.05, 0) is 32.8 Å². The predicted molar refractivity (Wildman–Crippen MR) is 74.3 cm³/mol. The van der Waals surface area contributed by atoms with Crippen LogP contribution in [0.5, 0.6) is 0 Å². The summed E-state index contributed by atoms with van der Waals surface area (Å²) in [6.07, 6.45) is 3.30. The zero-order valence-corrected chi connectivity index (χ0v) is 11.8. The van der Waals surface area contributed by atoms with Crippen LogP contribution in [-0.4, -0.2) is 36.2 Å². The van der Waals surface area contributed by atoms with Crippen LogP contribution in [0, 0.1) is 5.82 Å². The molecule has 2 rings (SSSR count). The number of aromatic nitrogens is 1. The fraction of sp³-hybridized carbons (Fsp3) is 0.571. The summed E-state index contributed by atoms with van der Waals surface area (Å²) in [5.41, 5.74) is -0.346. The van der Waals surface area contributed by atoms with Crippen LogP contribution in [-0.2, 0) is 4.74 Å². The number of nitrogens with zero attached hydrogens (tertiary/aromatic N) is 1. The molecule has 1 fully saturated rings. The summed E-state index contributed by atoms with van der Waals surface area (Å²) >= 11 is 0. The Kier molecular flexibility index (Phi) is 4.54. The molecule has 1 unspecified atom stereocenters. The minimum atomic E-state index is -0.621. The predicted octanol–water partition coefficient (Wildman–Crippen LogP) is 1.95. The van der Waals surface area contributed by atoms with Crippen molar-refractivity contribution in [3.63, 3.8) is 0 Å². The molecule has 1 aliphatic heterocycles. The molecule has 0 aromatic carbocycles. The third-order valence-electron chi connectivity index (χ3n) is 3.40. The van der Waals surface area contributed by atoms with Gasteiger partial charge < -0.3 is 15.4 Å². The Bertz CT molecular complexity index is 487. The van der Waals surface area contributed by atoms with Gasteiger partial charge in [-0.3, -0.25) is 4.79 Å². The number of nitrogens with one attached hydrogen (secondary N) is 2. The summed E-state index contributed by atoms with van der Waals surface area (Å²) < 4.78 is 19.7. The Hall–Kier alpha value is -1.69. The lowest BCUT2D eigenvalue weighted by molar-refractivity contribution is 0.0205. The minimum Gasteiger partial charge on any atom is -0.373 e. The summed E-state index contributed by atoms with van der Waals surface area (Å²) in [7, 11) is 0. The van der Waals surface area contributed by atoms with Gasteiger partial charge in [-0.25, -0.2) is 9.37 Å². The normalized spacial score (nSPS) is 21.8. The molecule has 0 bridgehead atoms. The van der Waals surface area contributed by atoms with Gasteiger partial charge in [0, 0.05) is 25.9 Å². The van der Waals surface area contributed by atoms with Gasteiger partial charge in [-0.1, -0.05) is 0 Å². The second-order valence-corrected chi connectivity index (χ2v) is 5.14. The molecule has 1 saturated heterocycles. The van der Waals surface area contributed by atoms with E-state index in [2.05, 4.69) is 15.6 Å². The van der Waals surface area contributed by atoms with E-state index in [0.29, 0.717) is 19.7 Å². The van der Waals surface area contributed by atoms with Crippen molar-refractivity contribution in [2.45, 2.75) is 32.3 Å². The SMILES string of the molecule is CCNc1nccc(C(=O)NCC2(C)CCCO2)c1F. The number of carbonyl (C=O) groups is 1. The fourth-order valence-corrected chi connectivity index (χ4v) is 2.25. The molecular formula is C14H20FN3O2. The molecule has 0 radical (unpaired) electrons. The van der Waals surface area contributed by atoms with Crippen molar-refractivity contribution in [2.75, 3.05) is 25.0 Å². The van der Waals surface area contributed by atoms with Gasteiger partial charge in [0.1, 0.15) is 0 Å². The van der Waals surface area contributed by atoms with Gasteiger partial charge in [-0.15, -0.1) is 0 Å². The molecule has 0 saturated carbocycles. The number of hydrogen-bond donors (Lipinski definition) is 2. The van der Waals surface area contributed by atoms with E-state index in [1.807, 2.05) is 13.8 Å². The van der Waals surface area contributed by atoms with E-state index < -0.39 is 11.7 Å². The fourth-order valence-electron chi connectivity index (χ4n) is 2.25. The first-order valence-electron chi connectivity index (χ1n) is 6.86. The highest BCUT2D eigenvalue weighted by molar-refractivity contribution is 5.95. The average molecular weight is 281 g/mol. The van der Waals surface area contributed by atoms with Crippen molar-refractivity contribution >= 4 is 11.7 Å². The van der Waals surface area contributed by atoms with Crippen LogP contribution in [0.2, 0.25) is 0 Å². The van der Waals surface area contributed by atoms with Crippen molar-refractivity contribution in [3.05, 3.63) is 23.6 Å². The van der Waals surface area contributed by atoms with Crippen LogP contribution >= 0.6 is 0 Å². The third-order valence-corrected chi connectivity index (χ3v) is 3.40. The highest BCUT2D eigenvalue weighted by Crippen LogP contribution is 2.24. The van der Waals surface area contributed by atoms with E-state index in [-0.39, 0.29) is 17.0 Å². The number of amides is 1. The zero-order chi connectivity index (χ0) is 14.6. The molecule has 1 aromatic heterocycles. The Morgan fingerprint density at radius 2 is 2.40 bits per heavy atom. The highest BCUT2D eigenvalue weighted by atomic mass is 19.1. The summed E-state index contributed by atoms with van der Waals surface area (Å²) in [5, 5.41) is 5.52. The molecule has 1 aromatic rings. The lowest BCUT2D eigenvalue weighted by Crippen LogP contribution is -2.40.